The van der Waals surface area contributed by atoms with E-state index < -0.39 is 41.8 Å². The van der Waals surface area contributed by atoms with Crippen LogP contribution in [-0.4, -0.2) is 55.0 Å². The van der Waals surface area contributed by atoms with Gasteiger partial charge < -0.3 is 17.1 Å². The van der Waals surface area contributed by atoms with Crippen molar-refractivity contribution < 1.29 is 17.1 Å². The summed E-state index contributed by atoms with van der Waals surface area (Å²) < 4.78 is 26.3. The topological polar surface area (TPSA) is 36.9 Å². The maximum atomic E-state index is 6.80. The van der Waals surface area contributed by atoms with Crippen LogP contribution < -0.4 is 0 Å². The highest BCUT2D eigenvalue weighted by Crippen LogP contribution is 2.42. The zero-order chi connectivity index (χ0) is 21.0. The molecule has 0 N–H and O–H groups in total. The van der Waals surface area contributed by atoms with Crippen molar-refractivity contribution in [1.29, 1.82) is 0 Å². The van der Waals surface area contributed by atoms with Gasteiger partial charge in [-0.15, -0.1) is 0 Å². The third-order valence-electron chi connectivity index (χ3n) is 4.33. The fourth-order valence-electron chi connectivity index (χ4n) is 4.04. The summed E-state index contributed by atoms with van der Waals surface area (Å²) >= 11 is 0. The maximum absolute atomic E-state index is 6.80. The number of rotatable bonds is 12. The Bertz CT molecular complexity index is 396. The van der Waals surface area contributed by atoms with Crippen molar-refractivity contribution in [1.82, 2.24) is 0 Å². The van der Waals surface area contributed by atoms with E-state index in [1.165, 1.54) is 0 Å². The monoisotopic (exact) mass is 454 g/mol. The molecule has 0 aliphatic carbocycles. The van der Waals surface area contributed by atoms with Crippen LogP contribution >= 0.6 is 0 Å². The van der Waals surface area contributed by atoms with Gasteiger partial charge in [-0.05, 0) is 97.1 Å². The van der Waals surface area contributed by atoms with Crippen molar-refractivity contribution in [3.8, 4) is 0 Å². The van der Waals surface area contributed by atoms with E-state index >= 15 is 0 Å². The van der Waals surface area contributed by atoms with E-state index in [-0.39, 0.29) is 0 Å². The molecule has 0 aromatic heterocycles. The molecule has 0 unspecified atom stereocenters. The Morgan fingerprint density at radius 3 is 1.12 bits per heavy atom. The molecule has 0 aliphatic heterocycles. The molecule has 0 rings (SSSR count). The highest BCUT2D eigenvalue weighted by Gasteiger charge is 2.53. The predicted molar refractivity (Wildman–Crippen MR) is 127 cm³/mol. The second kappa shape index (κ2) is 9.62. The Kier molecular flexibility index (Phi) is 9.96. The average molecular weight is 455 g/mol. The molecule has 4 nitrogen and oxygen atoms in total. The molecule has 26 heavy (non-hydrogen) atoms. The number of hydrogen-bond acceptors (Lipinski definition) is 4. The van der Waals surface area contributed by atoms with Crippen LogP contribution in [0.2, 0.25) is 83.2 Å². The van der Waals surface area contributed by atoms with E-state index in [2.05, 4.69) is 85.9 Å². The lowest BCUT2D eigenvalue weighted by molar-refractivity contribution is 0.300. The van der Waals surface area contributed by atoms with Gasteiger partial charge in [-0.1, -0.05) is 0 Å². The van der Waals surface area contributed by atoms with E-state index in [9.17, 15) is 0 Å². The standard InChI is InChI=1S/C17H46O4Si5/c1-14-18-24(9,10)17(25(11,12)19-15-2)16-26(13,20-22(3,4)5)21-23(6,7)8/h17H,14-16H2,1-13H3. The van der Waals surface area contributed by atoms with Gasteiger partial charge in [0.25, 0.3) is 0 Å². The van der Waals surface area contributed by atoms with Gasteiger partial charge in [0.1, 0.15) is 0 Å². The lowest BCUT2D eigenvalue weighted by Gasteiger charge is -2.46. The van der Waals surface area contributed by atoms with Gasteiger partial charge >= 0.3 is 8.56 Å². The van der Waals surface area contributed by atoms with Crippen LogP contribution in [0, 0.1) is 0 Å². The predicted octanol–water partition coefficient (Wildman–Crippen LogP) is 6.15. The molecule has 158 valence electrons. The Hall–Kier alpha value is 0.924. The summed E-state index contributed by atoms with van der Waals surface area (Å²) in [6.07, 6.45) is 0. The summed E-state index contributed by atoms with van der Waals surface area (Å²) in [5, 5.41) is 0.458. The first kappa shape index (κ1) is 26.9. The second-order valence-electron chi connectivity index (χ2n) is 10.4. The first-order valence-electron chi connectivity index (χ1n) is 10.1. The molecule has 0 saturated heterocycles. The Morgan fingerprint density at radius 1 is 0.577 bits per heavy atom. The van der Waals surface area contributed by atoms with Crippen molar-refractivity contribution in [2.75, 3.05) is 13.2 Å². The van der Waals surface area contributed by atoms with Crippen LogP contribution in [0.3, 0.4) is 0 Å². The molecule has 0 saturated carbocycles. The molecule has 0 fully saturated rings. The molecule has 0 radical (unpaired) electrons. The normalized spacial score (nSPS) is 15.0. The van der Waals surface area contributed by atoms with E-state index in [1.54, 1.807) is 0 Å². The first-order chi connectivity index (χ1) is 11.4. The summed E-state index contributed by atoms with van der Waals surface area (Å²) in [7, 11) is -9.59. The van der Waals surface area contributed by atoms with Gasteiger partial charge in [-0.2, -0.15) is 0 Å². The Balaban J connectivity index is 5.96. The molecule has 0 heterocycles. The largest absolute Gasteiger partial charge is 0.437 e. The zero-order valence-corrected chi connectivity index (χ0v) is 24.8. The summed E-state index contributed by atoms with van der Waals surface area (Å²) in [6, 6.07) is 1.000. The molecule has 0 amide bonds. The minimum absolute atomic E-state index is 0.458. The van der Waals surface area contributed by atoms with Crippen LogP contribution in [-0.2, 0) is 17.1 Å². The molecule has 0 bridgehead atoms. The fraction of sp³-hybridized carbons (Fsp3) is 1.00. The zero-order valence-electron chi connectivity index (χ0n) is 19.8. The van der Waals surface area contributed by atoms with Crippen LogP contribution in [0.4, 0.5) is 0 Å². The molecule has 0 aromatic rings. The highest BCUT2D eigenvalue weighted by molar-refractivity contribution is 6.95. The van der Waals surface area contributed by atoms with Gasteiger partial charge in [-0.25, -0.2) is 0 Å². The summed E-state index contributed by atoms with van der Waals surface area (Å²) in [5.74, 6) is 0. The van der Waals surface area contributed by atoms with Gasteiger partial charge in [0, 0.05) is 13.2 Å². The van der Waals surface area contributed by atoms with Crippen molar-refractivity contribution >= 4 is 41.8 Å². The summed E-state index contributed by atoms with van der Waals surface area (Å²) in [4.78, 5) is 0. The van der Waals surface area contributed by atoms with Crippen LogP contribution in [0.5, 0.6) is 0 Å². The third kappa shape index (κ3) is 9.92. The Labute approximate surface area is 169 Å². The SMILES string of the molecule is CCO[Si](C)(C)C(C[Si](C)(O[Si](C)(C)C)O[Si](C)(C)C)[Si](C)(C)OCC. The van der Waals surface area contributed by atoms with Crippen LogP contribution in [0.1, 0.15) is 13.8 Å². The number of hydrogen-bond donors (Lipinski definition) is 0. The molecular weight excluding hydrogens is 409 g/mol. The van der Waals surface area contributed by atoms with Crippen LogP contribution in [0.15, 0.2) is 0 Å². The Morgan fingerprint density at radius 2 is 0.885 bits per heavy atom. The van der Waals surface area contributed by atoms with E-state index in [0.29, 0.717) is 5.16 Å². The van der Waals surface area contributed by atoms with Crippen molar-refractivity contribution in [2.24, 2.45) is 0 Å². The van der Waals surface area contributed by atoms with Gasteiger partial charge in [-0.3, -0.25) is 0 Å². The smallest absolute Gasteiger partial charge is 0.314 e. The van der Waals surface area contributed by atoms with Crippen molar-refractivity contribution in [3.63, 3.8) is 0 Å². The molecule has 0 aliphatic rings. The lowest BCUT2D eigenvalue weighted by atomic mass is 10.9. The van der Waals surface area contributed by atoms with E-state index in [4.69, 9.17) is 17.1 Å². The molecular formula is C17H46O4Si5. The highest BCUT2D eigenvalue weighted by atomic mass is 28.5. The van der Waals surface area contributed by atoms with E-state index in [0.717, 1.165) is 19.3 Å². The molecule has 9 heteroatoms. The minimum atomic E-state index is -2.33. The summed E-state index contributed by atoms with van der Waals surface area (Å²) in [6.45, 7) is 31.1. The van der Waals surface area contributed by atoms with Gasteiger partial charge in [0.05, 0.1) is 0 Å². The van der Waals surface area contributed by atoms with E-state index in [1.807, 2.05) is 0 Å². The summed E-state index contributed by atoms with van der Waals surface area (Å²) in [5.41, 5.74) is 0. The quantitative estimate of drug-likeness (QED) is 0.331. The third-order valence-corrected chi connectivity index (χ3v) is 24.7. The van der Waals surface area contributed by atoms with Crippen molar-refractivity contribution in [3.05, 3.63) is 0 Å². The first-order valence-corrected chi connectivity index (χ1v) is 25.4. The lowest BCUT2D eigenvalue weighted by Crippen LogP contribution is -2.59. The second-order valence-corrected chi connectivity index (χ2v) is 32.1. The minimum Gasteiger partial charge on any atom is -0.437 e. The fourth-order valence-corrected chi connectivity index (χ4v) is 31.6. The van der Waals surface area contributed by atoms with Crippen LogP contribution in [0.25, 0.3) is 0 Å². The molecule has 0 atom stereocenters. The molecule has 0 spiro atoms. The van der Waals surface area contributed by atoms with Gasteiger partial charge in [0.2, 0.25) is 0 Å². The molecule has 0 aromatic carbocycles. The van der Waals surface area contributed by atoms with Crippen molar-refractivity contribution in [2.45, 2.75) is 97.1 Å². The van der Waals surface area contributed by atoms with Gasteiger partial charge in [0.15, 0.2) is 33.3 Å². The maximum Gasteiger partial charge on any atom is 0.314 e. The average Bonchev–Trinajstić information content (AvgIpc) is 2.30.